The number of benzene rings is 2. The van der Waals surface area contributed by atoms with Gasteiger partial charge in [-0.15, -0.1) is 0 Å². The molecule has 0 unspecified atom stereocenters. The summed E-state index contributed by atoms with van der Waals surface area (Å²) < 4.78 is 60.2. The minimum absolute atomic E-state index is 0.115. The van der Waals surface area contributed by atoms with Crippen molar-refractivity contribution in [3.8, 4) is 16.9 Å². The highest BCUT2D eigenvalue weighted by atomic mass is 19.4. The smallest absolute Gasteiger partial charge is 0.416 e. The zero-order chi connectivity index (χ0) is 24.6. The fraction of sp³-hybridized carbons (Fsp3) is 0.333. The maximum absolute atomic E-state index is 13.7. The largest absolute Gasteiger partial charge is 0.489 e. The number of fused-ring (bicyclic) bond motifs is 1. The van der Waals surface area contributed by atoms with Crippen molar-refractivity contribution in [1.82, 2.24) is 14.6 Å². The lowest BCUT2D eigenvalue weighted by molar-refractivity contribution is -0.137. The van der Waals surface area contributed by atoms with Gasteiger partial charge in [0, 0.05) is 23.2 Å². The van der Waals surface area contributed by atoms with Crippen LogP contribution in [-0.4, -0.2) is 14.6 Å². The summed E-state index contributed by atoms with van der Waals surface area (Å²) in [5.41, 5.74) is 4.12. The van der Waals surface area contributed by atoms with Gasteiger partial charge >= 0.3 is 6.18 Å². The molecule has 8 heteroatoms. The highest BCUT2D eigenvalue weighted by Gasteiger charge is 2.31. The predicted molar refractivity (Wildman–Crippen MR) is 125 cm³/mol. The fourth-order valence-corrected chi connectivity index (χ4v) is 4.85. The van der Waals surface area contributed by atoms with E-state index in [0.717, 1.165) is 53.0 Å². The van der Waals surface area contributed by atoms with Crippen LogP contribution in [0.3, 0.4) is 0 Å². The Balaban J connectivity index is 1.40. The van der Waals surface area contributed by atoms with Gasteiger partial charge in [0.15, 0.2) is 5.65 Å². The molecule has 4 aromatic rings. The summed E-state index contributed by atoms with van der Waals surface area (Å²) in [5, 5.41) is 4.61. The molecule has 2 heterocycles. The van der Waals surface area contributed by atoms with Crippen molar-refractivity contribution >= 4 is 5.65 Å². The van der Waals surface area contributed by atoms with Gasteiger partial charge in [-0.3, -0.25) is 0 Å². The molecule has 0 amide bonds. The van der Waals surface area contributed by atoms with Crippen molar-refractivity contribution in [2.75, 3.05) is 0 Å². The molecule has 182 valence electrons. The lowest BCUT2D eigenvalue weighted by Crippen LogP contribution is -2.12. The van der Waals surface area contributed by atoms with Gasteiger partial charge in [0.1, 0.15) is 18.2 Å². The molecule has 4 nitrogen and oxygen atoms in total. The number of aromatic nitrogens is 3. The van der Waals surface area contributed by atoms with Crippen molar-refractivity contribution in [1.29, 1.82) is 0 Å². The first-order chi connectivity index (χ1) is 16.8. The van der Waals surface area contributed by atoms with Crippen LogP contribution >= 0.6 is 0 Å². The lowest BCUT2D eigenvalue weighted by atomic mass is 9.84. The fourth-order valence-electron chi connectivity index (χ4n) is 4.85. The van der Waals surface area contributed by atoms with E-state index in [1.165, 1.54) is 19.3 Å². The summed E-state index contributed by atoms with van der Waals surface area (Å²) in [6, 6.07) is 9.79. The van der Waals surface area contributed by atoms with Crippen molar-refractivity contribution in [3.05, 3.63) is 83.1 Å². The summed E-state index contributed by atoms with van der Waals surface area (Å²) in [6.45, 7) is 1.83. The Morgan fingerprint density at radius 1 is 1.00 bits per heavy atom. The number of ether oxygens (including phenoxy) is 1. The molecule has 1 aliphatic rings. The van der Waals surface area contributed by atoms with Crippen LogP contribution in [0.5, 0.6) is 5.75 Å². The van der Waals surface area contributed by atoms with Gasteiger partial charge in [-0.25, -0.2) is 13.9 Å². The van der Waals surface area contributed by atoms with Crippen LogP contribution in [0.15, 0.2) is 54.9 Å². The molecule has 0 saturated heterocycles. The third kappa shape index (κ3) is 4.88. The molecule has 35 heavy (non-hydrogen) atoms. The number of hydrogen-bond acceptors (Lipinski definition) is 3. The van der Waals surface area contributed by atoms with E-state index in [-0.39, 0.29) is 12.2 Å². The third-order valence-corrected chi connectivity index (χ3v) is 6.59. The van der Waals surface area contributed by atoms with E-state index in [0.29, 0.717) is 17.7 Å². The van der Waals surface area contributed by atoms with Gasteiger partial charge in [0.2, 0.25) is 0 Å². The molecule has 2 aromatic heterocycles. The van der Waals surface area contributed by atoms with Crippen LogP contribution in [0.4, 0.5) is 17.6 Å². The standard InChI is InChI=1S/C27H25F4N3O/c1-17-14-33-34-25(20-5-3-2-4-6-20)24(15-32-26(17)34)19-7-9-23(10-8-19)35-16-18-11-21(27(29,30)31)13-22(28)12-18/h7-15,20H,2-6,16H2,1H3. The van der Waals surface area contributed by atoms with Gasteiger partial charge in [-0.2, -0.15) is 18.3 Å². The van der Waals surface area contributed by atoms with Crippen LogP contribution < -0.4 is 4.74 Å². The Morgan fingerprint density at radius 2 is 1.74 bits per heavy atom. The van der Waals surface area contributed by atoms with Crippen molar-refractivity contribution in [2.45, 2.75) is 57.7 Å². The minimum Gasteiger partial charge on any atom is -0.489 e. The molecule has 0 N–H and O–H groups in total. The second-order valence-corrected chi connectivity index (χ2v) is 9.11. The van der Waals surface area contributed by atoms with Crippen LogP contribution in [0.2, 0.25) is 0 Å². The number of rotatable bonds is 5. The van der Waals surface area contributed by atoms with Crippen LogP contribution in [0.1, 0.15) is 60.4 Å². The lowest BCUT2D eigenvalue weighted by Gasteiger charge is -2.25. The van der Waals surface area contributed by atoms with E-state index in [1.807, 2.05) is 36.0 Å². The van der Waals surface area contributed by atoms with Crippen LogP contribution in [0, 0.1) is 12.7 Å². The van der Waals surface area contributed by atoms with Gasteiger partial charge in [0.25, 0.3) is 0 Å². The first kappa shape index (κ1) is 23.3. The zero-order valence-corrected chi connectivity index (χ0v) is 19.3. The Morgan fingerprint density at radius 3 is 2.46 bits per heavy atom. The predicted octanol–water partition coefficient (Wildman–Crippen LogP) is 7.49. The molecular formula is C27H25F4N3O. The van der Waals surface area contributed by atoms with Gasteiger partial charge in [-0.1, -0.05) is 31.4 Å². The average molecular weight is 484 g/mol. The van der Waals surface area contributed by atoms with Gasteiger partial charge in [-0.05, 0) is 61.2 Å². The van der Waals surface area contributed by atoms with E-state index in [2.05, 4.69) is 10.1 Å². The van der Waals surface area contributed by atoms with E-state index in [4.69, 9.17) is 4.74 Å². The second-order valence-electron chi connectivity index (χ2n) is 9.11. The Hall–Kier alpha value is -3.42. The Kier molecular flexibility index (Phi) is 6.21. The molecule has 0 bridgehead atoms. The van der Waals surface area contributed by atoms with E-state index in [9.17, 15) is 17.6 Å². The van der Waals surface area contributed by atoms with Crippen LogP contribution in [0.25, 0.3) is 16.8 Å². The van der Waals surface area contributed by atoms with Gasteiger partial charge < -0.3 is 4.74 Å². The topological polar surface area (TPSA) is 39.4 Å². The summed E-state index contributed by atoms with van der Waals surface area (Å²) in [7, 11) is 0. The molecule has 1 saturated carbocycles. The van der Waals surface area contributed by atoms with Crippen molar-refractivity contribution in [3.63, 3.8) is 0 Å². The van der Waals surface area contributed by atoms with E-state index >= 15 is 0 Å². The zero-order valence-electron chi connectivity index (χ0n) is 19.3. The second kappa shape index (κ2) is 9.32. The molecular weight excluding hydrogens is 458 g/mol. The normalized spacial score (nSPS) is 15.0. The summed E-state index contributed by atoms with van der Waals surface area (Å²) in [4.78, 5) is 4.65. The number of halogens is 4. The molecule has 0 atom stereocenters. The number of hydrogen-bond donors (Lipinski definition) is 0. The quantitative estimate of drug-likeness (QED) is 0.276. The van der Waals surface area contributed by atoms with Crippen molar-refractivity contribution < 1.29 is 22.3 Å². The molecule has 0 radical (unpaired) electrons. The minimum atomic E-state index is -4.61. The van der Waals surface area contributed by atoms with Crippen LogP contribution in [-0.2, 0) is 12.8 Å². The summed E-state index contributed by atoms with van der Waals surface area (Å²) in [5.74, 6) is -0.0641. The van der Waals surface area contributed by atoms with E-state index in [1.54, 1.807) is 12.1 Å². The average Bonchev–Trinajstić information content (AvgIpc) is 3.23. The first-order valence-electron chi connectivity index (χ1n) is 11.7. The summed E-state index contributed by atoms with van der Waals surface area (Å²) >= 11 is 0. The number of aryl methyl sites for hydroxylation is 1. The monoisotopic (exact) mass is 483 g/mol. The molecule has 2 aromatic carbocycles. The maximum atomic E-state index is 13.7. The molecule has 1 fully saturated rings. The molecule has 5 rings (SSSR count). The highest BCUT2D eigenvalue weighted by molar-refractivity contribution is 5.68. The maximum Gasteiger partial charge on any atom is 0.416 e. The number of nitrogens with zero attached hydrogens (tertiary/aromatic N) is 3. The SMILES string of the molecule is Cc1cnn2c(C3CCCCC3)c(-c3ccc(OCc4cc(F)cc(C(F)(F)F)c4)cc3)cnc12. The van der Waals surface area contributed by atoms with Crippen molar-refractivity contribution in [2.24, 2.45) is 0 Å². The molecule has 0 spiro atoms. The Labute approximate surface area is 200 Å². The van der Waals surface area contributed by atoms with E-state index < -0.39 is 17.6 Å². The Bertz CT molecular complexity index is 1340. The highest BCUT2D eigenvalue weighted by Crippen LogP contribution is 2.38. The molecule has 1 aliphatic carbocycles. The molecule has 0 aliphatic heterocycles. The van der Waals surface area contributed by atoms with Gasteiger partial charge in [0.05, 0.1) is 17.5 Å². The number of alkyl halides is 3. The summed E-state index contributed by atoms with van der Waals surface area (Å²) in [6.07, 6.45) is 4.98. The first-order valence-corrected chi connectivity index (χ1v) is 11.7. The third-order valence-electron chi connectivity index (χ3n) is 6.59.